The second-order valence-corrected chi connectivity index (χ2v) is 6.05. The molecule has 1 fully saturated rings. The minimum absolute atomic E-state index is 0.259. The summed E-state index contributed by atoms with van der Waals surface area (Å²) in [6, 6.07) is 6.18. The molecule has 0 saturated carbocycles. The molecule has 2 rings (SSSR count). The molecule has 0 radical (unpaired) electrons. The first kappa shape index (κ1) is 15.6. The summed E-state index contributed by atoms with van der Waals surface area (Å²) in [5.41, 5.74) is 2.55. The summed E-state index contributed by atoms with van der Waals surface area (Å²) in [5.74, 6) is 0. The lowest BCUT2D eigenvalue weighted by Crippen LogP contribution is -2.46. The van der Waals surface area contributed by atoms with Gasteiger partial charge in [0.25, 0.3) is 0 Å². The molecule has 112 valence electrons. The van der Waals surface area contributed by atoms with E-state index in [2.05, 4.69) is 43.1 Å². The zero-order chi connectivity index (χ0) is 14.5. The van der Waals surface area contributed by atoms with E-state index in [1.165, 1.54) is 11.3 Å². The number of hydrogen-bond acceptors (Lipinski definition) is 3. The smallest absolute Gasteiger partial charge is 0.0726 e. The van der Waals surface area contributed by atoms with E-state index >= 15 is 0 Å². The lowest BCUT2D eigenvalue weighted by molar-refractivity contribution is -0.00526. The van der Waals surface area contributed by atoms with Crippen LogP contribution in [0.3, 0.4) is 0 Å². The molecule has 0 spiro atoms. The summed E-state index contributed by atoms with van der Waals surface area (Å²) in [6.45, 7) is 10.2. The molecular weight excluding hydrogens is 272 g/mol. The first-order valence-corrected chi connectivity index (χ1v) is 7.87. The SMILES string of the molecule is CCCNCc1ccc(Cl)cc1N1C[C@@H](C)O[C@@H](C)C1. The molecule has 4 heteroatoms. The Labute approximate surface area is 127 Å². The van der Waals surface area contributed by atoms with Crippen LogP contribution in [0.15, 0.2) is 18.2 Å². The first-order chi connectivity index (χ1) is 9.60. The average Bonchev–Trinajstić information content (AvgIpc) is 2.39. The van der Waals surface area contributed by atoms with Crippen LogP contribution in [0.1, 0.15) is 32.8 Å². The first-order valence-electron chi connectivity index (χ1n) is 7.49. The van der Waals surface area contributed by atoms with Gasteiger partial charge in [-0.15, -0.1) is 0 Å². The Balaban J connectivity index is 2.17. The van der Waals surface area contributed by atoms with Gasteiger partial charge in [-0.1, -0.05) is 24.6 Å². The standard InChI is InChI=1S/C16H25ClN2O/c1-4-7-18-9-14-5-6-15(17)8-16(14)19-10-12(2)20-13(3)11-19/h5-6,8,12-13,18H,4,7,9-11H2,1-3H3/t12-,13+. The Hall–Kier alpha value is -0.770. The average molecular weight is 297 g/mol. The van der Waals surface area contributed by atoms with Gasteiger partial charge in [-0.25, -0.2) is 0 Å². The third kappa shape index (κ3) is 4.11. The topological polar surface area (TPSA) is 24.5 Å². The monoisotopic (exact) mass is 296 g/mol. The van der Waals surface area contributed by atoms with Crippen LogP contribution in [0.2, 0.25) is 5.02 Å². The Morgan fingerprint density at radius 3 is 2.65 bits per heavy atom. The number of benzene rings is 1. The number of anilines is 1. The third-order valence-corrected chi connectivity index (χ3v) is 3.78. The van der Waals surface area contributed by atoms with E-state index in [0.29, 0.717) is 0 Å². The Kier molecular flexibility index (Phi) is 5.70. The highest BCUT2D eigenvalue weighted by molar-refractivity contribution is 6.30. The fourth-order valence-electron chi connectivity index (χ4n) is 2.76. The molecule has 0 aliphatic carbocycles. The van der Waals surface area contributed by atoms with E-state index < -0.39 is 0 Å². The van der Waals surface area contributed by atoms with Gasteiger partial charge in [-0.2, -0.15) is 0 Å². The lowest BCUT2D eigenvalue weighted by atomic mass is 10.1. The summed E-state index contributed by atoms with van der Waals surface area (Å²) in [7, 11) is 0. The normalized spacial score (nSPS) is 23.1. The van der Waals surface area contributed by atoms with Gasteiger partial charge in [0.15, 0.2) is 0 Å². The van der Waals surface area contributed by atoms with Crippen molar-refractivity contribution in [3.63, 3.8) is 0 Å². The quantitative estimate of drug-likeness (QED) is 0.842. The molecule has 1 saturated heterocycles. The van der Waals surface area contributed by atoms with Crippen LogP contribution in [0.5, 0.6) is 0 Å². The van der Waals surface area contributed by atoms with Crippen LogP contribution in [0.25, 0.3) is 0 Å². The van der Waals surface area contributed by atoms with Crippen molar-refractivity contribution >= 4 is 17.3 Å². The van der Waals surface area contributed by atoms with Crippen molar-refractivity contribution in [1.29, 1.82) is 0 Å². The van der Waals surface area contributed by atoms with Crippen LogP contribution in [0.4, 0.5) is 5.69 Å². The minimum Gasteiger partial charge on any atom is -0.372 e. The maximum atomic E-state index is 6.19. The molecule has 20 heavy (non-hydrogen) atoms. The summed E-state index contributed by atoms with van der Waals surface area (Å²) in [5, 5.41) is 4.27. The van der Waals surface area contributed by atoms with Gasteiger partial charge in [0.1, 0.15) is 0 Å². The van der Waals surface area contributed by atoms with Gasteiger partial charge >= 0.3 is 0 Å². The highest BCUT2D eigenvalue weighted by Crippen LogP contribution is 2.27. The Morgan fingerprint density at radius 1 is 1.30 bits per heavy atom. The van der Waals surface area contributed by atoms with Crippen LogP contribution in [-0.2, 0) is 11.3 Å². The number of nitrogens with zero attached hydrogens (tertiary/aromatic N) is 1. The van der Waals surface area contributed by atoms with Crippen LogP contribution >= 0.6 is 11.6 Å². The highest BCUT2D eigenvalue weighted by Gasteiger charge is 2.24. The fourth-order valence-corrected chi connectivity index (χ4v) is 2.92. The molecule has 0 bridgehead atoms. The molecule has 1 aromatic rings. The largest absolute Gasteiger partial charge is 0.372 e. The van der Waals surface area contributed by atoms with Crippen LogP contribution in [-0.4, -0.2) is 31.8 Å². The number of nitrogens with one attached hydrogen (secondary N) is 1. The van der Waals surface area contributed by atoms with E-state index in [9.17, 15) is 0 Å². The lowest BCUT2D eigenvalue weighted by Gasteiger charge is -2.38. The molecule has 0 aromatic heterocycles. The third-order valence-electron chi connectivity index (χ3n) is 3.55. The van der Waals surface area contributed by atoms with E-state index in [1.54, 1.807) is 0 Å². The van der Waals surface area contributed by atoms with Crippen molar-refractivity contribution in [2.45, 2.75) is 45.9 Å². The number of morpholine rings is 1. The van der Waals surface area contributed by atoms with Crippen molar-refractivity contribution in [2.24, 2.45) is 0 Å². The van der Waals surface area contributed by atoms with Crippen LogP contribution < -0.4 is 10.2 Å². The van der Waals surface area contributed by atoms with Gasteiger partial charge in [0, 0.05) is 30.3 Å². The summed E-state index contributed by atoms with van der Waals surface area (Å²) >= 11 is 6.19. The molecule has 1 heterocycles. The van der Waals surface area contributed by atoms with Crippen molar-refractivity contribution in [3.8, 4) is 0 Å². The van der Waals surface area contributed by atoms with E-state index in [0.717, 1.165) is 37.6 Å². The zero-order valence-electron chi connectivity index (χ0n) is 12.7. The zero-order valence-corrected chi connectivity index (χ0v) is 13.4. The minimum atomic E-state index is 0.259. The van der Waals surface area contributed by atoms with Gasteiger partial charge in [-0.05, 0) is 44.5 Å². The molecule has 0 amide bonds. The molecular formula is C16H25ClN2O. The Morgan fingerprint density at radius 2 is 2.00 bits per heavy atom. The summed E-state index contributed by atoms with van der Waals surface area (Å²) in [6.07, 6.45) is 1.66. The molecule has 2 atom stereocenters. The fraction of sp³-hybridized carbons (Fsp3) is 0.625. The molecule has 1 aromatic carbocycles. The second kappa shape index (κ2) is 7.30. The van der Waals surface area contributed by atoms with Gasteiger partial charge < -0.3 is 15.0 Å². The Bertz CT molecular complexity index is 428. The van der Waals surface area contributed by atoms with Crippen molar-refractivity contribution in [1.82, 2.24) is 5.32 Å². The van der Waals surface area contributed by atoms with Gasteiger partial charge in [0.2, 0.25) is 0 Å². The van der Waals surface area contributed by atoms with Crippen molar-refractivity contribution < 1.29 is 4.74 Å². The van der Waals surface area contributed by atoms with Crippen molar-refractivity contribution in [2.75, 3.05) is 24.5 Å². The van der Waals surface area contributed by atoms with Gasteiger partial charge in [0.05, 0.1) is 12.2 Å². The predicted octanol–water partition coefficient (Wildman–Crippen LogP) is 3.45. The van der Waals surface area contributed by atoms with E-state index in [-0.39, 0.29) is 12.2 Å². The maximum Gasteiger partial charge on any atom is 0.0726 e. The molecule has 1 aliphatic heterocycles. The highest BCUT2D eigenvalue weighted by atomic mass is 35.5. The van der Waals surface area contributed by atoms with E-state index in [1.807, 2.05) is 6.07 Å². The number of hydrogen-bond donors (Lipinski definition) is 1. The maximum absolute atomic E-state index is 6.19. The van der Waals surface area contributed by atoms with Crippen LogP contribution in [0, 0.1) is 0 Å². The number of rotatable bonds is 5. The number of halogens is 1. The summed E-state index contributed by atoms with van der Waals surface area (Å²) < 4.78 is 5.82. The second-order valence-electron chi connectivity index (χ2n) is 5.61. The summed E-state index contributed by atoms with van der Waals surface area (Å²) in [4.78, 5) is 2.40. The number of ether oxygens (including phenoxy) is 1. The molecule has 1 N–H and O–H groups in total. The predicted molar refractivity (Wildman–Crippen MR) is 85.7 cm³/mol. The van der Waals surface area contributed by atoms with Gasteiger partial charge in [-0.3, -0.25) is 0 Å². The molecule has 0 unspecified atom stereocenters. The molecule has 1 aliphatic rings. The van der Waals surface area contributed by atoms with Crippen molar-refractivity contribution in [3.05, 3.63) is 28.8 Å². The molecule has 3 nitrogen and oxygen atoms in total. The van der Waals surface area contributed by atoms with E-state index in [4.69, 9.17) is 16.3 Å².